The maximum atomic E-state index is 12.3. The van der Waals surface area contributed by atoms with Gasteiger partial charge in [0.1, 0.15) is 11.6 Å². The Morgan fingerprint density at radius 1 is 1.40 bits per heavy atom. The van der Waals surface area contributed by atoms with Crippen molar-refractivity contribution in [1.82, 2.24) is 5.32 Å². The Labute approximate surface area is 147 Å². The van der Waals surface area contributed by atoms with E-state index in [0.717, 1.165) is 16.8 Å². The predicted octanol–water partition coefficient (Wildman–Crippen LogP) is 1.87. The molecule has 4 N–H and O–H groups in total. The zero-order chi connectivity index (χ0) is 18.8. The SMILES string of the molecule is Cc1ccc2c(c1)CC(CC(NC(=O)OC(C)(C)C)C(N)=O)C(=O)N2. The standard InChI is InChI=1S/C18H25N3O4/c1-10-5-6-13-11(7-10)8-12(16(23)20-13)9-14(15(19)22)21-17(24)25-18(2,3)4/h5-7,12,14H,8-9H2,1-4H3,(H2,19,22)(H,20,23)(H,21,24). The van der Waals surface area contributed by atoms with E-state index in [9.17, 15) is 14.4 Å². The molecule has 7 heteroatoms. The highest BCUT2D eigenvalue weighted by molar-refractivity contribution is 5.96. The van der Waals surface area contributed by atoms with Crippen LogP contribution in [0.15, 0.2) is 18.2 Å². The van der Waals surface area contributed by atoms with Crippen molar-refractivity contribution in [3.63, 3.8) is 0 Å². The summed E-state index contributed by atoms with van der Waals surface area (Å²) in [6.45, 7) is 7.14. The molecule has 0 saturated carbocycles. The Balaban J connectivity index is 2.08. The molecule has 0 radical (unpaired) electrons. The summed E-state index contributed by atoms with van der Waals surface area (Å²) in [6, 6.07) is 4.82. The summed E-state index contributed by atoms with van der Waals surface area (Å²) < 4.78 is 5.15. The van der Waals surface area contributed by atoms with Crippen molar-refractivity contribution in [2.75, 3.05) is 5.32 Å². The van der Waals surface area contributed by atoms with Crippen LogP contribution in [-0.2, 0) is 20.7 Å². The minimum Gasteiger partial charge on any atom is -0.444 e. The quantitative estimate of drug-likeness (QED) is 0.772. The van der Waals surface area contributed by atoms with Crippen LogP contribution in [0.5, 0.6) is 0 Å². The molecule has 0 saturated heterocycles. The van der Waals surface area contributed by atoms with Crippen LogP contribution in [0.2, 0.25) is 0 Å². The maximum absolute atomic E-state index is 12.3. The first-order valence-corrected chi connectivity index (χ1v) is 8.24. The minimum absolute atomic E-state index is 0.119. The van der Waals surface area contributed by atoms with Gasteiger partial charge in [0.2, 0.25) is 11.8 Å². The highest BCUT2D eigenvalue weighted by Crippen LogP contribution is 2.28. The Morgan fingerprint density at radius 2 is 2.08 bits per heavy atom. The van der Waals surface area contributed by atoms with E-state index in [1.807, 2.05) is 25.1 Å². The Kier molecular flexibility index (Phi) is 5.35. The first-order chi connectivity index (χ1) is 11.5. The third-order valence-electron chi connectivity index (χ3n) is 3.91. The highest BCUT2D eigenvalue weighted by atomic mass is 16.6. The van der Waals surface area contributed by atoms with Gasteiger partial charge >= 0.3 is 6.09 Å². The number of hydrogen-bond acceptors (Lipinski definition) is 4. The number of carbonyl (C=O) groups is 3. The lowest BCUT2D eigenvalue weighted by molar-refractivity contribution is -0.122. The van der Waals surface area contributed by atoms with Gasteiger partial charge in [-0.15, -0.1) is 0 Å². The minimum atomic E-state index is -0.975. The molecular formula is C18H25N3O4. The van der Waals surface area contributed by atoms with Crippen LogP contribution in [0.1, 0.15) is 38.3 Å². The Morgan fingerprint density at radius 3 is 2.68 bits per heavy atom. The van der Waals surface area contributed by atoms with Gasteiger partial charge in [0.15, 0.2) is 0 Å². The lowest BCUT2D eigenvalue weighted by atomic mass is 9.87. The molecule has 2 rings (SSSR count). The van der Waals surface area contributed by atoms with Crippen molar-refractivity contribution in [2.45, 2.75) is 52.2 Å². The van der Waals surface area contributed by atoms with Crippen LogP contribution >= 0.6 is 0 Å². The number of primary amides is 1. The van der Waals surface area contributed by atoms with Crippen LogP contribution in [0.4, 0.5) is 10.5 Å². The van der Waals surface area contributed by atoms with Crippen LogP contribution in [0.3, 0.4) is 0 Å². The molecular weight excluding hydrogens is 322 g/mol. The third-order valence-corrected chi connectivity index (χ3v) is 3.91. The topological polar surface area (TPSA) is 111 Å². The molecule has 1 aromatic rings. The van der Waals surface area contributed by atoms with Gasteiger partial charge in [0.25, 0.3) is 0 Å². The number of nitrogens with two attached hydrogens (primary N) is 1. The summed E-state index contributed by atoms with van der Waals surface area (Å²) in [6.07, 6.45) is -0.125. The van der Waals surface area contributed by atoms with Gasteiger partial charge in [-0.1, -0.05) is 17.7 Å². The molecule has 1 aliphatic rings. The van der Waals surface area contributed by atoms with Crippen molar-refractivity contribution < 1.29 is 19.1 Å². The van der Waals surface area contributed by atoms with E-state index < -0.39 is 29.6 Å². The van der Waals surface area contributed by atoms with Gasteiger partial charge in [-0.05, 0) is 52.2 Å². The molecule has 136 valence electrons. The summed E-state index contributed by atoms with van der Waals surface area (Å²) in [5.74, 6) is -1.34. The largest absolute Gasteiger partial charge is 0.444 e. The first kappa shape index (κ1) is 18.8. The Bertz CT molecular complexity index is 694. The molecule has 0 aromatic heterocycles. The Hall–Kier alpha value is -2.57. The second-order valence-electron chi connectivity index (χ2n) is 7.39. The van der Waals surface area contributed by atoms with Crippen molar-refractivity contribution in [2.24, 2.45) is 11.7 Å². The zero-order valence-corrected chi connectivity index (χ0v) is 15.0. The third kappa shape index (κ3) is 5.20. The van der Waals surface area contributed by atoms with Crippen LogP contribution in [-0.4, -0.2) is 29.6 Å². The number of alkyl carbamates (subject to hydrolysis) is 1. The predicted molar refractivity (Wildman–Crippen MR) is 94.0 cm³/mol. The molecule has 2 unspecified atom stereocenters. The summed E-state index contributed by atoms with van der Waals surface area (Å²) in [4.78, 5) is 35.9. The van der Waals surface area contributed by atoms with E-state index in [1.165, 1.54) is 0 Å². The number of rotatable bonds is 4. The van der Waals surface area contributed by atoms with Crippen LogP contribution in [0, 0.1) is 12.8 Å². The van der Waals surface area contributed by atoms with E-state index in [2.05, 4.69) is 10.6 Å². The highest BCUT2D eigenvalue weighted by Gasteiger charge is 2.32. The van der Waals surface area contributed by atoms with Crippen LogP contribution < -0.4 is 16.4 Å². The number of benzene rings is 1. The molecule has 3 amide bonds. The molecule has 1 heterocycles. The lowest BCUT2D eigenvalue weighted by Gasteiger charge is -2.28. The fourth-order valence-electron chi connectivity index (χ4n) is 2.78. The molecule has 2 atom stereocenters. The molecule has 1 aromatic carbocycles. The number of fused-ring (bicyclic) bond motifs is 1. The van der Waals surface area contributed by atoms with Gasteiger partial charge in [-0.3, -0.25) is 9.59 Å². The number of amides is 3. The summed E-state index contributed by atoms with van der Waals surface area (Å²) in [5, 5.41) is 5.30. The van der Waals surface area contributed by atoms with E-state index in [1.54, 1.807) is 20.8 Å². The summed E-state index contributed by atoms with van der Waals surface area (Å²) in [5.41, 5.74) is 7.57. The van der Waals surface area contributed by atoms with E-state index >= 15 is 0 Å². The second kappa shape index (κ2) is 7.13. The number of ether oxygens (including phenoxy) is 1. The number of carbonyl (C=O) groups excluding carboxylic acids is 3. The average Bonchev–Trinajstić information content (AvgIpc) is 2.45. The normalized spacial score (nSPS) is 17.9. The van der Waals surface area contributed by atoms with Gasteiger partial charge < -0.3 is 21.1 Å². The molecule has 0 spiro atoms. The first-order valence-electron chi connectivity index (χ1n) is 8.24. The van der Waals surface area contributed by atoms with Crippen molar-refractivity contribution >= 4 is 23.6 Å². The average molecular weight is 347 g/mol. The van der Waals surface area contributed by atoms with E-state index in [-0.39, 0.29) is 12.3 Å². The molecule has 0 aliphatic carbocycles. The molecule has 1 aliphatic heterocycles. The molecule has 0 bridgehead atoms. The number of nitrogens with one attached hydrogen (secondary N) is 2. The lowest BCUT2D eigenvalue weighted by Crippen LogP contribution is -2.48. The smallest absolute Gasteiger partial charge is 0.408 e. The van der Waals surface area contributed by atoms with Crippen molar-refractivity contribution in [3.8, 4) is 0 Å². The fraction of sp³-hybridized carbons (Fsp3) is 0.500. The fourth-order valence-corrected chi connectivity index (χ4v) is 2.78. The monoisotopic (exact) mass is 347 g/mol. The maximum Gasteiger partial charge on any atom is 0.408 e. The van der Waals surface area contributed by atoms with E-state index in [4.69, 9.17) is 10.5 Å². The summed E-state index contributed by atoms with van der Waals surface area (Å²) in [7, 11) is 0. The van der Waals surface area contributed by atoms with Crippen LogP contribution in [0.25, 0.3) is 0 Å². The second-order valence-corrected chi connectivity index (χ2v) is 7.39. The van der Waals surface area contributed by atoms with Gasteiger partial charge in [0, 0.05) is 11.6 Å². The van der Waals surface area contributed by atoms with Crippen molar-refractivity contribution in [3.05, 3.63) is 29.3 Å². The zero-order valence-electron chi connectivity index (χ0n) is 15.0. The van der Waals surface area contributed by atoms with Gasteiger partial charge in [-0.25, -0.2) is 4.79 Å². The molecule has 7 nitrogen and oxygen atoms in total. The summed E-state index contributed by atoms with van der Waals surface area (Å²) >= 11 is 0. The number of aryl methyl sites for hydroxylation is 1. The van der Waals surface area contributed by atoms with Gasteiger partial charge in [0.05, 0.1) is 0 Å². The van der Waals surface area contributed by atoms with E-state index in [0.29, 0.717) is 6.42 Å². The van der Waals surface area contributed by atoms with Gasteiger partial charge in [-0.2, -0.15) is 0 Å². The van der Waals surface area contributed by atoms with Crippen molar-refractivity contribution in [1.29, 1.82) is 0 Å². The molecule has 25 heavy (non-hydrogen) atoms. The number of hydrogen-bond donors (Lipinski definition) is 3. The molecule has 0 fully saturated rings. The number of anilines is 1.